The van der Waals surface area contributed by atoms with Crippen LogP contribution in [0.5, 0.6) is 0 Å². The molecule has 0 amide bonds. The van der Waals surface area contributed by atoms with Gasteiger partial charge in [0.2, 0.25) is 5.13 Å². The fourth-order valence-electron chi connectivity index (χ4n) is 0.840. The van der Waals surface area contributed by atoms with Crippen molar-refractivity contribution >= 4 is 22.2 Å². The molecule has 0 aliphatic heterocycles. The fraction of sp³-hybridized carbons (Fsp3) is 0.500. The zero-order valence-corrected chi connectivity index (χ0v) is 8.19. The number of thiazole rings is 1. The maximum atomic E-state index is 4.17. The van der Waals surface area contributed by atoms with E-state index in [0.717, 1.165) is 23.7 Å². The Bertz CT molecular complexity index is 241. The van der Waals surface area contributed by atoms with Gasteiger partial charge in [-0.3, -0.25) is 5.43 Å². The molecule has 0 unspecified atom stereocenters. The number of aromatic nitrogens is 1. The highest BCUT2D eigenvalue weighted by molar-refractivity contribution is 7.13. The summed E-state index contributed by atoms with van der Waals surface area (Å²) in [4.78, 5) is 4.05. The summed E-state index contributed by atoms with van der Waals surface area (Å²) in [5.41, 5.74) is 4.02. The summed E-state index contributed by atoms with van der Waals surface area (Å²) in [5.74, 6) is 0. The van der Waals surface area contributed by atoms with Gasteiger partial charge in [-0.1, -0.05) is 13.3 Å². The molecule has 0 spiro atoms. The summed E-state index contributed by atoms with van der Waals surface area (Å²) >= 11 is 1.55. The third kappa shape index (κ3) is 3.00. The molecule has 1 N–H and O–H groups in total. The highest BCUT2D eigenvalue weighted by Gasteiger charge is 1.91. The molecule has 1 heterocycles. The van der Waals surface area contributed by atoms with E-state index in [1.165, 1.54) is 0 Å². The van der Waals surface area contributed by atoms with Gasteiger partial charge in [-0.15, -0.1) is 11.3 Å². The summed E-state index contributed by atoms with van der Waals surface area (Å²) in [5, 5.41) is 6.95. The maximum absolute atomic E-state index is 4.17. The van der Waals surface area contributed by atoms with Crippen molar-refractivity contribution in [1.29, 1.82) is 0 Å². The minimum atomic E-state index is 0.852. The zero-order valence-electron chi connectivity index (χ0n) is 7.37. The quantitative estimate of drug-likeness (QED) is 0.575. The van der Waals surface area contributed by atoms with Crippen molar-refractivity contribution in [2.75, 3.05) is 5.43 Å². The van der Waals surface area contributed by atoms with Gasteiger partial charge < -0.3 is 0 Å². The van der Waals surface area contributed by atoms with Crippen LogP contribution in [0.1, 0.15) is 26.7 Å². The van der Waals surface area contributed by atoms with Crippen molar-refractivity contribution < 1.29 is 0 Å². The Kier molecular flexibility index (Phi) is 3.73. The molecule has 0 fully saturated rings. The van der Waals surface area contributed by atoms with Crippen LogP contribution in [0.25, 0.3) is 0 Å². The lowest BCUT2D eigenvalue weighted by Crippen LogP contribution is -1.96. The van der Waals surface area contributed by atoms with Crippen molar-refractivity contribution in [3.63, 3.8) is 0 Å². The molecule has 0 aliphatic carbocycles. The van der Waals surface area contributed by atoms with Crippen molar-refractivity contribution in [2.45, 2.75) is 26.7 Å². The van der Waals surface area contributed by atoms with E-state index in [0.29, 0.717) is 0 Å². The van der Waals surface area contributed by atoms with Gasteiger partial charge in [0.25, 0.3) is 0 Å². The molecule has 4 heteroatoms. The van der Waals surface area contributed by atoms with Crippen LogP contribution in [-0.2, 0) is 0 Å². The number of hydrogen-bond donors (Lipinski definition) is 1. The van der Waals surface area contributed by atoms with E-state index < -0.39 is 0 Å². The largest absolute Gasteiger partial charge is 0.253 e. The Morgan fingerprint density at radius 3 is 3.17 bits per heavy atom. The average molecular weight is 183 g/mol. The molecular weight excluding hydrogens is 170 g/mol. The molecule has 0 radical (unpaired) electrons. The molecule has 12 heavy (non-hydrogen) atoms. The van der Waals surface area contributed by atoms with Crippen molar-refractivity contribution in [1.82, 2.24) is 4.98 Å². The second kappa shape index (κ2) is 4.87. The molecule has 1 aromatic heterocycles. The Hall–Kier alpha value is -0.900. The first-order chi connectivity index (χ1) is 5.83. The lowest BCUT2D eigenvalue weighted by atomic mass is 10.2. The van der Waals surface area contributed by atoms with Crippen molar-refractivity contribution in [3.05, 3.63) is 11.6 Å². The minimum absolute atomic E-state index is 0.852. The second-order valence-corrected chi connectivity index (χ2v) is 3.44. The number of nitrogens with zero attached hydrogens (tertiary/aromatic N) is 2. The number of nitrogens with one attached hydrogen (secondary N) is 1. The molecule has 0 saturated heterocycles. The van der Waals surface area contributed by atoms with Gasteiger partial charge in [0.05, 0.1) is 0 Å². The second-order valence-electron chi connectivity index (χ2n) is 2.55. The van der Waals surface area contributed by atoms with E-state index in [-0.39, 0.29) is 0 Å². The highest BCUT2D eigenvalue weighted by Crippen LogP contribution is 2.09. The van der Waals surface area contributed by atoms with Gasteiger partial charge in [0, 0.05) is 17.3 Å². The van der Waals surface area contributed by atoms with E-state index in [9.17, 15) is 0 Å². The summed E-state index contributed by atoms with van der Waals surface area (Å²) < 4.78 is 0. The minimum Gasteiger partial charge on any atom is -0.253 e. The third-order valence-corrected chi connectivity index (χ3v) is 2.06. The Morgan fingerprint density at radius 1 is 1.75 bits per heavy atom. The van der Waals surface area contributed by atoms with E-state index >= 15 is 0 Å². The van der Waals surface area contributed by atoms with Gasteiger partial charge in [-0.05, 0) is 13.3 Å². The molecule has 1 rings (SSSR count). The topological polar surface area (TPSA) is 37.3 Å². The molecule has 1 aromatic rings. The molecule has 0 bridgehead atoms. The first-order valence-corrected chi connectivity index (χ1v) is 4.89. The zero-order chi connectivity index (χ0) is 8.81. The monoisotopic (exact) mass is 183 g/mol. The Labute approximate surface area is 76.5 Å². The number of rotatable bonds is 4. The van der Waals surface area contributed by atoms with Crippen LogP contribution in [0.3, 0.4) is 0 Å². The summed E-state index contributed by atoms with van der Waals surface area (Å²) in [6.07, 6.45) is 3.94. The van der Waals surface area contributed by atoms with Crippen LogP contribution in [0.15, 0.2) is 16.7 Å². The number of hydrazone groups is 1. The Morgan fingerprint density at radius 2 is 2.58 bits per heavy atom. The molecule has 66 valence electrons. The predicted molar refractivity (Wildman–Crippen MR) is 53.8 cm³/mol. The van der Waals surface area contributed by atoms with Crippen LogP contribution in [0.2, 0.25) is 0 Å². The van der Waals surface area contributed by atoms with Crippen LogP contribution in [-0.4, -0.2) is 10.7 Å². The first-order valence-electron chi connectivity index (χ1n) is 4.01. The van der Waals surface area contributed by atoms with E-state index in [4.69, 9.17) is 0 Å². The normalized spacial score (nSPS) is 11.7. The molecular formula is C8H13N3S. The third-order valence-electron chi connectivity index (χ3n) is 1.39. The molecule has 0 aliphatic rings. The Balaban J connectivity index is 2.38. The van der Waals surface area contributed by atoms with Gasteiger partial charge in [-0.2, -0.15) is 5.10 Å². The van der Waals surface area contributed by atoms with E-state index in [1.807, 2.05) is 12.3 Å². The summed E-state index contributed by atoms with van der Waals surface area (Å²) in [6.45, 7) is 4.16. The van der Waals surface area contributed by atoms with Crippen LogP contribution >= 0.6 is 11.3 Å². The molecule has 0 atom stereocenters. The van der Waals surface area contributed by atoms with Crippen LogP contribution in [0.4, 0.5) is 5.13 Å². The lowest BCUT2D eigenvalue weighted by Gasteiger charge is -1.97. The predicted octanol–water partition coefficient (Wildman–Crippen LogP) is 2.73. The molecule has 0 saturated carbocycles. The fourth-order valence-corrected chi connectivity index (χ4v) is 1.31. The van der Waals surface area contributed by atoms with Gasteiger partial charge >= 0.3 is 0 Å². The summed E-state index contributed by atoms with van der Waals surface area (Å²) in [7, 11) is 0. The van der Waals surface area contributed by atoms with Gasteiger partial charge in [0.15, 0.2) is 0 Å². The van der Waals surface area contributed by atoms with Crippen LogP contribution < -0.4 is 5.43 Å². The van der Waals surface area contributed by atoms with Crippen molar-refractivity contribution in [2.24, 2.45) is 5.10 Å². The summed E-state index contributed by atoms with van der Waals surface area (Å²) in [6, 6.07) is 0. The highest BCUT2D eigenvalue weighted by atomic mass is 32.1. The maximum Gasteiger partial charge on any atom is 0.203 e. The van der Waals surface area contributed by atoms with Crippen molar-refractivity contribution in [3.8, 4) is 0 Å². The van der Waals surface area contributed by atoms with Gasteiger partial charge in [0.1, 0.15) is 0 Å². The van der Waals surface area contributed by atoms with E-state index in [1.54, 1.807) is 17.5 Å². The SMILES string of the molecule is CCCC(C)=NNc1nccs1. The first kappa shape index (κ1) is 9.19. The lowest BCUT2D eigenvalue weighted by molar-refractivity contribution is 0.983. The smallest absolute Gasteiger partial charge is 0.203 e. The average Bonchev–Trinajstić information content (AvgIpc) is 2.53. The number of hydrogen-bond acceptors (Lipinski definition) is 4. The van der Waals surface area contributed by atoms with E-state index in [2.05, 4.69) is 22.4 Å². The molecule has 3 nitrogen and oxygen atoms in total. The number of anilines is 1. The van der Waals surface area contributed by atoms with Gasteiger partial charge in [-0.25, -0.2) is 4.98 Å². The van der Waals surface area contributed by atoms with Crippen LogP contribution in [0, 0.1) is 0 Å². The standard InChI is InChI=1S/C8H13N3S/c1-3-4-7(2)10-11-8-9-5-6-12-8/h5-6H,3-4H2,1-2H3,(H,9,11). The molecule has 0 aromatic carbocycles.